The lowest BCUT2D eigenvalue weighted by atomic mass is 10.2. The van der Waals surface area contributed by atoms with Crippen molar-refractivity contribution in [3.05, 3.63) is 51.6 Å². The highest BCUT2D eigenvalue weighted by Crippen LogP contribution is 2.29. The van der Waals surface area contributed by atoms with Gasteiger partial charge < -0.3 is 10.6 Å². The van der Waals surface area contributed by atoms with Gasteiger partial charge in [-0.15, -0.1) is 0 Å². The monoisotopic (exact) mass is 323 g/mol. The molecular weight excluding hydrogens is 309 g/mol. The summed E-state index contributed by atoms with van der Waals surface area (Å²) in [4.78, 5) is 16.6. The predicted octanol–water partition coefficient (Wildman–Crippen LogP) is 4.38. The molecule has 0 bridgehead atoms. The minimum atomic E-state index is -0.260. The number of aromatic nitrogens is 1. The van der Waals surface area contributed by atoms with Crippen molar-refractivity contribution in [3.63, 3.8) is 0 Å². The molecule has 0 saturated heterocycles. The van der Waals surface area contributed by atoms with E-state index in [1.807, 2.05) is 13.8 Å². The Balaban J connectivity index is 2.26. The second kappa shape index (κ2) is 6.78. The largest absolute Gasteiger partial charge is 0.370 e. The zero-order valence-electron chi connectivity index (χ0n) is 11.7. The number of carbonyl (C=O) groups is 1. The van der Waals surface area contributed by atoms with Crippen molar-refractivity contribution in [3.8, 4) is 0 Å². The summed E-state index contributed by atoms with van der Waals surface area (Å²) < 4.78 is 0. The normalized spacial score (nSPS) is 10.3. The Morgan fingerprint density at radius 1 is 1.29 bits per heavy atom. The van der Waals surface area contributed by atoms with Crippen LogP contribution in [0.4, 0.5) is 11.5 Å². The SMILES string of the molecule is CCNc1cc(C(=O)Nc2cccc(Cl)c2Cl)cc(C)n1. The van der Waals surface area contributed by atoms with E-state index in [1.165, 1.54) is 0 Å². The van der Waals surface area contributed by atoms with E-state index in [1.54, 1.807) is 30.3 Å². The van der Waals surface area contributed by atoms with Crippen molar-refractivity contribution >= 4 is 40.6 Å². The van der Waals surface area contributed by atoms with Gasteiger partial charge in [0.2, 0.25) is 0 Å². The fourth-order valence-corrected chi connectivity index (χ4v) is 2.21. The molecule has 6 heteroatoms. The van der Waals surface area contributed by atoms with E-state index in [0.29, 0.717) is 27.1 Å². The van der Waals surface area contributed by atoms with Crippen molar-refractivity contribution in [1.82, 2.24) is 4.98 Å². The highest BCUT2D eigenvalue weighted by molar-refractivity contribution is 6.44. The Morgan fingerprint density at radius 3 is 2.76 bits per heavy atom. The lowest BCUT2D eigenvalue weighted by Gasteiger charge is -2.10. The summed E-state index contributed by atoms with van der Waals surface area (Å²) in [6.07, 6.45) is 0. The molecule has 0 saturated carbocycles. The number of amides is 1. The van der Waals surface area contributed by atoms with Crippen molar-refractivity contribution < 1.29 is 4.79 Å². The Labute approximate surface area is 133 Å². The molecule has 1 aromatic carbocycles. The van der Waals surface area contributed by atoms with Gasteiger partial charge in [0.25, 0.3) is 5.91 Å². The average Bonchev–Trinajstić information content (AvgIpc) is 2.43. The molecule has 1 aromatic heterocycles. The first-order chi connectivity index (χ1) is 10.0. The lowest BCUT2D eigenvalue weighted by Crippen LogP contribution is -2.13. The summed E-state index contributed by atoms with van der Waals surface area (Å²) in [5, 5.41) is 6.56. The van der Waals surface area contributed by atoms with Crippen LogP contribution in [0.15, 0.2) is 30.3 Å². The minimum Gasteiger partial charge on any atom is -0.370 e. The van der Waals surface area contributed by atoms with Crippen molar-refractivity contribution in [2.24, 2.45) is 0 Å². The van der Waals surface area contributed by atoms with Crippen LogP contribution in [0.25, 0.3) is 0 Å². The number of carbonyl (C=O) groups excluding carboxylic acids is 1. The van der Waals surface area contributed by atoms with Crippen LogP contribution in [0.2, 0.25) is 10.0 Å². The fourth-order valence-electron chi connectivity index (χ4n) is 1.87. The number of rotatable bonds is 4. The number of pyridine rings is 1. The summed E-state index contributed by atoms with van der Waals surface area (Å²) in [6, 6.07) is 8.51. The minimum absolute atomic E-state index is 0.260. The van der Waals surface area contributed by atoms with E-state index in [2.05, 4.69) is 15.6 Å². The van der Waals surface area contributed by atoms with Gasteiger partial charge in [-0.2, -0.15) is 0 Å². The molecule has 21 heavy (non-hydrogen) atoms. The summed E-state index contributed by atoms with van der Waals surface area (Å²) in [6.45, 7) is 4.54. The van der Waals surface area contributed by atoms with Gasteiger partial charge in [0.15, 0.2) is 0 Å². The maximum Gasteiger partial charge on any atom is 0.255 e. The number of hydrogen-bond acceptors (Lipinski definition) is 3. The first-order valence-electron chi connectivity index (χ1n) is 6.49. The van der Waals surface area contributed by atoms with E-state index in [0.717, 1.165) is 12.2 Å². The van der Waals surface area contributed by atoms with Crippen LogP contribution in [0.5, 0.6) is 0 Å². The number of aryl methyl sites for hydroxylation is 1. The number of nitrogens with one attached hydrogen (secondary N) is 2. The second-order valence-electron chi connectivity index (χ2n) is 4.47. The maximum absolute atomic E-state index is 12.3. The van der Waals surface area contributed by atoms with Crippen LogP contribution in [0.3, 0.4) is 0 Å². The van der Waals surface area contributed by atoms with Gasteiger partial charge in [-0.05, 0) is 38.1 Å². The first kappa shape index (κ1) is 15.6. The van der Waals surface area contributed by atoms with Gasteiger partial charge in [-0.3, -0.25) is 4.79 Å². The van der Waals surface area contributed by atoms with Crippen LogP contribution in [0, 0.1) is 6.92 Å². The quantitative estimate of drug-likeness (QED) is 0.877. The number of anilines is 2. The average molecular weight is 324 g/mol. The molecule has 0 radical (unpaired) electrons. The van der Waals surface area contributed by atoms with Gasteiger partial charge in [0.05, 0.1) is 15.7 Å². The smallest absolute Gasteiger partial charge is 0.255 e. The summed E-state index contributed by atoms with van der Waals surface area (Å²) in [5.74, 6) is 0.406. The Bertz CT molecular complexity index is 674. The van der Waals surface area contributed by atoms with E-state index in [9.17, 15) is 4.79 Å². The zero-order chi connectivity index (χ0) is 15.4. The van der Waals surface area contributed by atoms with E-state index >= 15 is 0 Å². The van der Waals surface area contributed by atoms with E-state index in [-0.39, 0.29) is 5.91 Å². The molecule has 0 aliphatic carbocycles. The number of hydrogen-bond donors (Lipinski definition) is 2. The van der Waals surface area contributed by atoms with Crippen LogP contribution in [0.1, 0.15) is 23.0 Å². The number of benzene rings is 1. The molecule has 2 aromatic rings. The molecule has 0 spiro atoms. The summed E-state index contributed by atoms with van der Waals surface area (Å²) in [5.41, 5.74) is 1.75. The summed E-state index contributed by atoms with van der Waals surface area (Å²) in [7, 11) is 0. The fraction of sp³-hybridized carbons (Fsp3) is 0.200. The van der Waals surface area contributed by atoms with Crippen LogP contribution < -0.4 is 10.6 Å². The molecule has 2 rings (SSSR count). The first-order valence-corrected chi connectivity index (χ1v) is 7.24. The molecule has 2 N–H and O–H groups in total. The third-order valence-electron chi connectivity index (χ3n) is 2.77. The Morgan fingerprint density at radius 2 is 2.05 bits per heavy atom. The molecule has 0 atom stereocenters. The van der Waals surface area contributed by atoms with Gasteiger partial charge in [-0.25, -0.2) is 4.98 Å². The lowest BCUT2D eigenvalue weighted by molar-refractivity contribution is 0.102. The molecule has 0 aliphatic heterocycles. The van der Waals surface area contributed by atoms with Crippen LogP contribution >= 0.6 is 23.2 Å². The van der Waals surface area contributed by atoms with Crippen LogP contribution in [-0.2, 0) is 0 Å². The van der Waals surface area contributed by atoms with E-state index in [4.69, 9.17) is 23.2 Å². The highest BCUT2D eigenvalue weighted by atomic mass is 35.5. The standard InChI is InChI=1S/C15H15Cl2N3O/c1-3-18-13-8-10(7-9(2)19-13)15(21)20-12-6-4-5-11(16)14(12)17/h4-8H,3H2,1-2H3,(H,18,19)(H,20,21). The predicted molar refractivity (Wildman–Crippen MR) is 87.6 cm³/mol. The van der Waals surface area contributed by atoms with Crippen molar-refractivity contribution in [1.29, 1.82) is 0 Å². The molecular formula is C15H15Cl2N3O. The topological polar surface area (TPSA) is 54.0 Å². The van der Waals surface area contributed by atoms with Gasteiger partial charge in [-0.1, -0.05) is 29.3 Å². The van der Waals surface area contributed by atoms with Crippen molar-refractivity contribution in [2.75, 3.05) is 17.2 Å². The molecule has 4 nitrogen and oxygen atoms in total. The summed E-state index contributed by atoms with van der Waals surface area (Å²) >= 11 is 12.0. The number of nitrogens with zero attached hydrogens (tertiary/aromatic N) is 1. The molecule has 0 unspecified atom stereocenters. The Hall–Kier alpha value is -1.78. The molecule has 110 valence electrons. The maximum atomic E-state index is 12.3. The number of halogens is 2. The van der Waals surface area contributed by atoms with Gasteiger partial charge >= 0.3 is 0 Å². The second-order valence-corrected chi connectivity index (χ2v) is 5.25. The van der Waals surface area contributed by atoms with Gasteiger partial charge in [0.1, 0.15) is 5.82 Å². The Kier molecular flexibility index (Phi) is 5.04. The molecule has 0 fully saturated rings. The third-order valence-corrected chi connectivity index (χ3v) is 3.59. The van der Waals surface area contributed by atoms with E-state index < -0.39 is 0 Å². The van der Waals surface area contributed by atoms with Gasteiger partial charge in [0, 0.05) is 17.8 Å². The molecule has 1 heterocycles. The third kappa shape index (κ3) is 3.86. The zero-order valence-corrected chi connectivity index (χ0v) is 13.2. The van der Waals surface area contributed by atoms with Crippen LogP contribution in [-0.4, -0.2) is 17.4 Å². The molecule has 1 amide bonds. The molecule has 0 aliphatic rings. The highest BCUT2D eigenvalue weighted by Gasteiger charge is 2.12. The van der Waals surface area contributed by atoms with Crippen molar-refractivity contribution in [2.45, 2.75) is 13.8 Å².